The van der Waals surface area contributed by atoms with Crippen LogP contribution in [-0.2, 0) is 0 Å². The number of hydrogen-bond donors (Lipinski definition) is 1. The summed E-state index contributed by atoms with van der Waals surface area (Å²) in [6, 6.07) is 6.48. The molecule has 23 heavy (non-hydrogen) atoms. The van der Waals surface area contributed by atoms with Crippen LogP contribution in [0.1, 0.15) is 31.8 Å². The predicted octanol–water partition coefficient (Wildman–Crippen LogP) is 2.19. The lowest BCUT2D eigenvalue weighted by molar-refractivity contribution is 0.0972. The third-order valence-corrected chi connectivity index (χ3v) is 3.82. The zero-order valence-electron chi connectivity index (χ0n) is 12.8. The Morgan fingerprint density at radius 2 is 1.17 bits per heavy atom. The van der Waals surface area contributed by atoms with E-state index in [1.165, 1.54) is 21.3 Å². The second-order valence-electron chi connectivity index (χ2n) is 4.90. The third kappa shape index (κ3) is 1.88. The molecule has 0 fully saturated rings. The molecule has 0 atom stereocenters. The van der Waals surface area contributed by atoms with E-state index < -0.39 is 5.78 Å². The number of ketones is 2. The first-order valence-corrected chi connectivity index (χ1v) is 6.80. The number of benzene rings is 2. The topological polar surface area (TPSA) is 82.1 Å². The number of methoxy groups -OCH3 is 3. The average Bonchev–Trinajstić information content (AvgIpc) is 2.58. The van der Waals surface area contributed by atoms with Crippen LogP contribution in [0.5, 0.6) is 23.0 Å². The fourth-order valence-corrected chi connectivity index (χ4v) is 2.83. The number of phenols is 1. The van der Waals surface area contributed by atoms with E-state index in [0.29, 0.717) is 0 Å². The van der Waals surface area contributed by atoms with Crippen LogP contribution in [0.2, 0.25) is 0 Å². The van der Waals surface area contributed by atoms with Gasteiger partial charge < -0.3 is 19.3 Å². The van der Waals surface area contributed by atoms with Crippen LogP contribution >= 0.6 is 0 Å². The number of aromatic hydroxyl groups is 1. The van der Waals surface area contributed by atoms with Gasteiger partial charge in [0.15, 0.2) is 23.1 Å². The SMILES string of the molecule is COc1c(O)c(OC)c2c(c1OC)C(=O)c1ccccc1C2=O. The summed E-state index contributed by atoms with van der Waals surface area (Å²) in [7, 11) is 3.97. The highest BCUT2D eigenvalue weighted by atomic mass is 16.5. The summed E-state index contributed by atoms with van der Waals surface area (Å²) in [4.78, 5) is 25.7. The largest absolute Gasteiger partial charge is 0.502 e. The number of fused-ring (bicyclic) bond motifs is 2. The molecule has 0 aromatic heterocycles. The van der Waals surface area contributed by atoms with E-state index in [1.54, 1.807) is 24.3 Å². The van der Waals surface area contributed by atoms with Crippen molar-refractivity contribution in [2.24, 2.45) is 0 Å². The number of carbonyl (C=O) groups excluding carboxylic acids is 2. The fraction of sp³-hybridized carbons (Fsp3) is 0.176. The first-order valence-electron chi connectivity index (χ1n) is 6.80. The maximum absolute atomic E-state index is 12.9. The molecule has 0 amide bonds. The maximum Gasteiger partial charge on any atom is 0.207 e. The van der Waals surface area contributed by atoms with Gasteiger partial charge in [0.25, 0.3) is 0 Å². The van der Waals surface area contributed by atoms with Crippen molar-refractivity contribution in [1.82, 2.24) is 0 Å². The van der Waals surface area contributed by atoms with Gasteiger partial charge in [0.2, 0.25) is 11.5 Å². The van der Waals surface area contributed by atoms with Crippen LogP contribution in [0.4, 0.5) is 0 Å². The van der Waals surface area contributed by atoms with Crippen molar-refractivity contribution < 1.29 is 28.9 Å². The van der Waals surface area contributed by atoms with Crippen molar-refractivity contribution in [2.75, 3.05) is 21.3 Å². The number of phenolic OH excluding ortho intramolecular Hbond substituents is 1. The van der Waals surface area contributed by atoms with Gasteiger partial charge in [0.1, 0.15) is 0 Å². The van der Waals surface area contributed by atoms with Gasteiger partial charge in [0.05, 0.1) is 32.5 Å². The van der Waals surface area contributed by atoms with Gasteiger partial charge in [-0.15, -0.1) is 0 Å². The number of carbonyl (C=O) groups is 2. The van der Waals surface area contributed by atoms with Crippen molar-refractivity contribution in [1.29, 1.82) is 0 Å². The van der Waals surface area contributed by atoms with Crippen LogP contribution < -0.4 is 14.2 Å². The first kappa shape index (κ1) is 14.9. The lowest BCUT2D eigenvalue weighted by Crippen LogP contribution is -2.23. The highest BCUT2D eigenvalue weighted by molar-refractivity contribution is 6.30. The summed E-state index contributed by atoms with van der Waals surface area (Å²) in [5, 5.41) is 10.3. The Bertz CT molecular complexity index is 837. The molecule has 0 aliphatic heterocycles. The molecule has 0 unspecified atom stereocenters. The van der Waals surface area contributed by atoms with E-state index in [2.05, 4.69) is 0 Å². The second kappa shape index (κ2) is 5.31. The van der Waals surface area contributed by atoms with Gasteiger partial charge in [-0.2, -0.15) is 0 Å². The molecular weight excluding hydrogens is 300 g/mol. The zero-order chi connectivity index (χ0) is 16.7. The Kier molecular flexibility index (Phi) is 3.44. The minimum Gasteiger partial charge on any atom is -0.502 e. The molecule has 0 spiro atoms. The molecule has 0 radical (unpaired) electrons. The molecule has 0 bridgehead atoms. The summed E-state index contributed by atoms with van der Waals surface area (Å²) in [5.41, 5.74) is 0.544. The zero-order valence-corrected chi connectivity index (χ0v) is 12.8. The van der Waals surface area contributed by atoms with E-state index in [-0.39, 0.29) is 51.0 Å². The summed E-state index contributed by atoms with van der Waals surface area (Å²) in [6.07, 6.45) is 0. The van der Waals surface area contributed by atoms with Crippen LogP contribution in [0.25, 0.3) is 0 Å². The predicted molar refractivity (Wildman–Crippen MR) is 81.1 cm³/mol. The average molecular weight is 314 g/mol. The molecule has 118 valence electrons. The lowest BCUT2D eigenvalue weighted by atomic mass is 9.82. The Balaban J connectivity index is 2.46. The van der Waals surface area contributed by atoms with Gasteiger partial charge in [-0.05, 0) is 0 Å². The molecule has 2 aromatic carbocycles. The van der Waals surface area contributed by atoms with Crippen LogP contribution in [0, 0.1) is 0 Å². The van der Waals surface area contributed by atoms with Gasteiger partial charge in [-0.1, -0.05) is 24.3 Å². The number of ether oxygens (including phenoxy) is 3. The number of rotatable bonds is 3. The van der Waals surface area contributed by atoms with E-state index in [1.807, 2.05) is 0 Å². The van der Waals surface area contributed by atoms with E-state index in [0.717, 1.165) is 0 Å². The van der Waals surface area contributed by atoms with Gasteiger partial charge >= 0.3 is 0 Å². The molecule has 1 N–H and O–H groups in total. The second-order valence-corrected chi connectivity index (χ2v) is 4.90. The molecule has 0 saturated heterocycles. The van der Waals surface area contributed by atoms with E-state index in [4.69, 9.17) is 14.2 Å². The Morgan fingerprint density at radius 3 is 1.61 bits per heavy atom. The minimum atomic E-state index is -0.414. The molecule has 6 nitrogen and oxygen atoms in total. The molecular formula is C17H14O6. The summed E-state index contributed by atoms with van der Waals surface area (Å²) < 4.78 is 15.5. The van der Waals surface area contributed by atoms with Crippen LogP contribution in [-0.4, -0.2) is 38.0 Å². The van der Waals surface area contributed by atoms with E-state index in [9.17, 15) is 14.7 Å². The summed E-state index contributed by atoms with van der Waals surface area (Å²) in [6.45, 7) is 0. The molecule has 1 aliphatic carbocycles. The normalized spacial score (nSPS) is 12.5. The van der Waals surface area contributed by atoms with Crippen molar-refractivity contribution in [2.45, 2.75) is 0 Å². The first-order chi connectivity index (χ1) is 11.1. The van der Waals surface area contributed by atoms with Crippen LogP contribution in [0.3, 0.4) is 0 Å². The highest BCUT2D eigenvalue weighted by Gasteiger charge is 2.39. The van der Waals surface area contributed by atoms with Crippen LogP contribution in [0.15, 0.2) is 24.3 Å². The summed E-state index contributed by atoms with van der Waals surface area (Å²) >= 11 is 0. The smallest absolute Gasteiger partial charge is 0.207 e. The van der Waals surface area contributed by atoms with E-state index >= 15 is 0 Å². The standard InChI is InChI=1S/C17H14O6/c1-21-15-10-11(16(22-2)17(23-3)14(15)20)13(19)9-7-5-4-6-8(9)12(10)18/h4-7,20H,1-3H3. The third-order valence-electron chi connectivity index (χ3n) is 3.82. The molecule has 0 heterocycles. The summed E-state index contributed by atoms with van der Waals surface area (Å²) in [5.74, 6) is -1.33. The van der Waals surface area contributed by atoms with Crippen molar-refractivity contribution in [3.8, 4) is 23.0 Å². The number of hydrogen-bond acceptors (Lipinski definition) is 6. The molecule has 0 saturated carbocycles. The van der Waals surface area contributed by atoms with Gasteiger partial charge in [-0.25, -0.2) is 0 Å². The lowest BCUT2D eigenvalue weighted by Gasteiger charge is -2.24. The maximum atomic E-state index is 12.9. The highest BCUT2D eigenvalue weighted by Crippen LogP contribution is 2.51. The van der Waals surface area contributed by atoms with Gasteiger partial charge in [0, 0.05) is 11.1 Å². The van der Waals surface area contributed by atoms with Crippen molar-refractivity contribution in [3.05, 3.63) is 46.5 Å². The molecule has 1 aliphatic rings. The Labute approximate surface area is 132 Å². The Morgan fingerprint density at radius 1 is 0.739 bits per heavy atom. The Hall–Kier alpha value is -3.02. The quantitative estimate of drug-likeness (QED) is 0.798. The molecule has 6 heteroatoms. The van der Waals surface area contributed by atoms with Crippen molar-refractivity contribution >= 4 is 11.6 Å². The fourth-order valence-electron chi connectivity index (χ4n) is 2.83. The molecule has 3 rings (SSSR count). The van der Waals surface area contributed by atoms with Gasteiger partial charge in [-0.3, -0.25) is 9.59 Å². The minimum absolute atomic E-state index is 0.00801. The molecule has 2 aromatic rings. The monoisotopic (exact) mass is 314 g/mol. The van der Waals surface area contributed by atoms with Crippen molar-refractivity contribution in [3.63, 3.8) is 0 Å².